The summed E-state index contributed by atoms with van der Waals surface area (Å²) in [7, 11) is 1.55. The molecule has 0 bridgehead atoms. The Morgan fingerprint density at radius 3 is 2.33 bits per heavy atom. The molecule has 1 atom stereocenters. The number of nitrogens with zero attached hydrogens (tertiary/aromatic N) is 1. The largest absolute Gasteiger partial charge is 0.481 e. The molecule has 7 heteroatoms. The Morgan fingerprint density at radius 1 is 1.33 bits per heavy atom. The highest BCUT2D eigenvalue weighted by atomic mass is 35.7. The van der Waals surface area contributed by atoms with Gasteiger partial charge in [0, 0.05) is 23.8 Å². The number of rotatable bonds is 6. The second-order valence-corrected chi connectivity index (χ2v) is 7.17. The van der Waals surface area contributed by atoms with E-state index < -0.39 is 15.2 Å². The van der Waals surface area contributed by atoms with Crippen molar-refractivity contribution in [1.82, 2.24) is 4.90 Å². The Kier molecular flexibility index (Phi) is 6.04. The molecule has 0 aromatic heterocycles. The quantitative estimate of drug-likeness (QED) is 0.750. The molecule has 0 spiro atoms. The molecular formula is C14H20ClNO4S. The monoisotopic (exact) mass is 333 g/mol. The smallest absolute Gasteiger partial charge is 0.263 e. The molecule has 21 heavy (non-hydrogen) atoms. The van der Waals surface area contributed by atoms with Gasteiger partial charge in [0.2, 0.25) is 0 Å². The predicted molar refractivity (Wildman–Crippen MR) is 82.2 cm³/mol. The summed E-state index contributed by atoms with van der Waals surface area (Å²) in [5, 5.41) is 0. The topological polar surface area (TPSA) is 63.7 Å². The van der Waals surface area contributed by atoms with Gasteiger partial charge in [-0.1, -0.05) is 0 Å². The second-order valence-electron chi connectivity index (χ2n) is 4.64. The molecule has 0 radical (unpaired) electrons. The van der Waals surface area contributed by atoms with Crippen LogP contribution in [0.25, 0.3) is 0 Å². The lowest BCUT2D eigenvalue weighted by Gasteiger charge is -2.23. The Balaban J connectivity index is 2.90. The van der Waals surface area contributed by atoms with Crippen molar-refractivity contribution in [2.24, 2.45) is 0 Å². The van der Waals surface area contributed by atoms with E-state index >= 15 is 0 Å². The highest BCUT2D eigenvalue weighted by Gasteiger charge is 2.20. The van der Waals surface area contributed by atoms with Crippen LogP contribution in [0.3, 0.4) is 0 Å². The molecule has 0 aliphatic carbocycles. The maximum Gasteiger partial charge on any atom is 0.263 e. The van der Waals surface area contributed by atoms with E-state index in [1.807, 2.05) is 13.8 Å². The van der Waals surface area contributed by atoms with Gasteiger partial charge >= 0.3 is 0 Å². The number of halogens is 1. The van der Waals surface area contributed by atoms with Crippen LogP contribution in [0.15, 0.2) is 23.1 Å². The molecule has 1 aromatic carbocycles. The van der Waals surface area contributed by atoms with E-state index in [4.69, 9.17) is 15.4 Å². The van der Waals surface area contributed by atoms with Crippen molar-refractivity contribution >= 4 is 25.6 Å². The van der Waals surface area contributed by atoms with Gasteiger partial charge in [-0.3, -0.25) is 4.79 Å². The Bertz CT molecular complexity index is 611. The van der Waals surface area contributed by atoms with E-state index in [-0.39, 0.29) is 10.8 Å². The first kappa shape index (κ1) is 17.8. The van der Waals surface area contributed by atoms with Gasteiger partial charge in [-0.25, -0.2) is 8.42 Å². The lowest BCUT2D eigenvalue weighted by atomic mass is 10.2. The molecule has 1 amide bonds. The SMILES string of the molecule is CCN(CC)C(=O)C(C)Oc1ccc(S(=O)(=O)Cl)c(C)c1. The fourth-order valence-electron chi connectivity index (χ4n) is 2.02. The first-order valence-electron chi connectivity index (χ1n) is 6.71. The summed E-state index contributed by atoms with van der Waals surface area (Å²) in [5.41, 5.74) is 0.477. The number of aryl methyl sites for hydroxylation is 1. The Labute approximate surface area is 130 Å². The van der Waals surface area contributed by atoms with Crippen LogP contribution < -0.4 is 4.74 Å². The van der Waals surface area contributed by atoms with Crippen molar-refractivity contribution in [3.05, 3.63) is 23.8 Å². The van der Waals surface area contributed by atoms with Crippen molar-refractivity contribution in [3.8, 4) is 5.75 Å². The Morgan fingerprint density at radius 2 is 1.90 bits per heavy atom. The fourth-order valence-corrected chi connectivity index (χ4v) is 3.21. The van der Waals surface area contributed by atoms with E-state index in [0.717, 1.165) is 0 Å². The maximum atomic E-state index is 12.1. The van der Waals surface area contributed by atoms with Gasteiger partial charge in [-0.2, -0.15) is 0 Å². The van der Waals surface area contributed by atoms with Gasteiger partial charge in [-0.05, 0) is 51.5 Å². The van der Waals surface area contributed by atoms with Crippen molar-refractivity contribution in [2.75, 3.05) is 13.1 Å². The number of hydrogen-bond acceptors (Lipinski definition) is 4. The third kappa shape index (κ3) is 4.61. The molecule has 0 saturated heterocycles. The van der Waals surface area contributed by atoms with Crippen LogP contribution in [0.4, 0.5) is 0 Å². The van der Waals surface area contributed by atoms with Gasteiger partial charge in [0.15, 0.2) is 6.10 Å². The minimum atomic E-state index is -3.77. The third-order valence-electron chi connectivity index (χ3n) is 3.14. The third-order valence-corrected chi connectivity index (χ3v) is 4.63. The first-order chi connectivity index (χ1) is 9.70. The summed E-state index contributed by atoms with van der Waals surface area (Å²) in [5.74, 6) is 0.330. The van der Waals surface area contributed by atoms with Crippen LogP contribution in [0.5, 0.6) is 5.75 Å². The van der Waals surface area contributed by atoms with Gasteiger partial charge in [-0.15, -0.1) is 0 Å². The average Bonchev–Trinajstić information content (AvgIpc) is 2.38. The van der Waals surface area contributed by atoms with Crippen LogP contribution in [0.2, 0.25) is 0 Å². The van der Waals surface area contributed by atoms with Gasteiger partial charge in [0.1, 0.15) is 5.75 Å². The van der Waals surface area contributed by atoms with Gasteiger partial charge in [0.25, 0.3) is 15.0 Å². The maximum absolute atomic E-state index is 12.1. The molecule has 0 fully saturated rings. The Hall–Kier alpha value is -1.27. The van der Waals surface area contributed by atoms with Crippen LogP contribution in [-0.2, 0) is 13.8 Å². The van der Waals surface area contributed by atoms with Crippen molar-refractivity contribution in [2.45, 2.75) is 38.7 Å². The summed E-state index contributed by atoms with van der Waals surface area (Å²) in [6, 6.07) is 4.43. The molecule has 0 heterocycles. The number of benzene rings is 1. The zero-order valence-electron chi connectivity index (χ0n) is 12.6. The van der Waals surface area contributed by atoms with Crippen molar-refractivity contribution in [3.63, 3.8) is 0 Å². The summed E-state index contributed by atoms with van der Waals surface area (Å²) in [6.45, 7) is 8.33. The highest BCUT2D eigenvalue weighted by molar-refractivity contribution is 8.13. The van der Waals surface area contributed by atoms with E-state index in [1.54, 1.807) is 24.8 Å². The number of ether oxygens (including phenoxy) is 1. The van der Waals surface area contributed by atoms with E-state index in [9.17, 15) is 13.2 Å². The average molecular weight is 334 g/mol. The van der Waals surface area contributed by atoms with Crippen LogP contribution in [0, 0.1) is 6.92 Å². The van der Waals surface area contributed by atoms with Crippen LogP contribution in [0.1, 0.15) is 26.3 Å². The molecule has 0 saturated carbocycles. The minimum Gasteiger partial charge on any atom is -0.481 e. The molecular weight excluding hydrogens is 314 g/mol. The molecule has 0 aliphatic rings. The predicted octanol–water partition coefficient (Wildman–Crippen LogP) is 2.56. The number of carbonyl (C=O) groups excluding carboxylic acids is 1. The molecule has 1 aromatic rings. The number of amides is 1. The van der Waals surface area contributed by atoms with Crippen LogP contribution in [-0.4, -0.2) is 38.4 Å². The van der Waals surface area contributed by atoms with Gasteiger partial charge in [0.05, 0.1) is 4.90 Å². The standard InChI is InChI=1S/C14H20ClNO4S/c1-5-16(6-2)14(17)11(4)20-12-7-8-13(10(3)9-12)21(15,18)19/h7-9,11H,5-6H2,1-4H3. The summed E-state index contributed by atoms with van der Waals surface area (Å²) >= 11 is 0. The summed E-state index contributed by atoms with van der Waals surface area (Å²) in [4.78, 5) is 13.8. The zero-order valence-corrected chi connectivity index (χ0v) is 14.2. The summed E-state index contributed by atoms with van der Waals surface area (Å²) < 4.78 is 28.2. The molecule has 1 unspecified atom stereocenters. The lowest BCUT2D eigenvalue weighted by Crippen LogP contribution is -2.40. The van der Waals surface area contributed by atoms with Crippen molar-refractivity contribution in [1.29, 1.82) is 0 Å². The number of carbonyl (C=O) groups is 1. The molecule has 118 valence electrons. The fraction of sp³-hybridized carbons (Fsp3) is 0.500. The number of likely N-dealkylation sites (N-methyl/N-ethyl adjacent to an activating group) is 1. The van der Waals surface area contributed by atoms with E-state index in [1.165, 1.54) is 12.1 Å². The molecule has 5 nitrogen and oxygen atoms in total. The van der Waals surface area contributed by atoms with Gasteiger partial charge < -0.3 is 9.64 Å². The minimum absolute atomic E-state index is 0.0410. The van der Waals surface area contributed by atoms with E-state index in [0.29, 0.717) is 24.4 Å². The van der Waals surface area contributed by atoms with Crippen LogP contribution >= 0.6 is 10.7 Å². The normalized spacial score (nSPS) is 12.8. The lowest BCUT2D eigenvalue weighted by molar-refractivity contribution is -0.137. The molecule has 1 rings (SSSR count). The van der Waals surface area contributed by atoms with Crippen molar-refractivity contribution < 1.29 is 17.9 Å². The highest BCUT2D eigenvalue weighted by Crippen LogP contribution is 2.24. The summed E-state index contributed by atoms with van der Waals surface area (Å²) in [6.07, 6.45) is -0.636. The van der Waals surface area contributed by atoms with E-state index in [2.05, 4.69) is 0 Å². The zero-order chi connectivity index (χ0) is 16.2. The second kappa shape index (κ2) is 7.13. The molecule has 0 N–H and O–H groups in total. The first-order valence-corrected chi connectivity index (χ1v) is 9.02. The number of hydrogen-bond donors (Lipinski definition) is 0. The molecule has 0 aliphatic heterocycles.